The van der Waals surface area contributed by atoms with Crippen molar-refractivity contribution in [2.24, 2.45) is 0 Å². The Morgan fingerprint density at radius 1 is 1.22 bits per heavy atom. The van der Waals surface area contributed by atoms with Crippen LogP contribution in [0.15, 0.2) is 18.2 Å². The molecule has 0 radical (unpaired) electrons. The fourth-order valence-corrected chi connectivity index (χ4v) is 5.53. The standard InChI is InChI=1S/C17H16Cl2N2O5S/c1-7(22)17(20-12(23)8-4-5-9(18)10(19)6-8)14(26)21-11(13(24)25)16(2,3)27-15(17)21/h4-6,11,15H,1-3H3,(H,20,23)(H,24,25)/t11-,15+,17?/m0/s1. The van der Waals surface area contributed by atoms with Crippen molar-refractivity contribution in [2.45, 2.75) is 42.5 Å². The quantitative estimate of drug-likeness (QED) is 0.560. The summed E-state index contributed by atoms with van der Waals surface area (Å²) in [6.07, 6.45) is 0. The van der Waals surface area contributed by atoms with Gasteiger partial charge in [0.25, 0.3) is 11.8 Å². The maximum Gasteiger partial charge on any atom is 0.327 e. The van der Waals surface area contributed by atoms with Crippen LogP contribution >= 0.6 is 35.0 Å². The molecule has 0 saturated carbocycles. The molecule has 10 heteroatoms. The average molecular weight is 431 g/mol. The van der Waals surface area contributed by atoms with Crippen LogP contribution in [0.5, 0.6) is 0 Å². The minimum Gasteiger partial charge on any atom is -0.480 e. The van der Waals surface area contributed by atoms with Gasteiger partial charge in [0, 0.05) is 10.3 Å². The maximum atomic E-state index is 12.9. The predicted molar refractivity (Wildman–Crippen MR) is 101 cm³/mol. The summed E-state index contributed by atoms with van der Waals surface area (Å²) in [5, 5.41) is 11.6. The Bertz CT molecular complexity index is 890. The molecule has 0 bridgehead atoms. The van der Waals surface area contributed by atoms with Crippen molar-refractivity contribution in [3.05, 3.63) is 33.8 Å². The Hall–Kier alpha value is -1.77. The zero-order chi connectivity index (χ0) is 20.3. The number of carboxylic acids is 1. The summed E-state index contributed by atoms with van der Waals surface area (Å²) in [4.78, 5) is 50.7. The average Bonchev–Trinajstić information content (AvgIpc) is 2.83. The van der Waals surface area contributed by atoms with E-state index in [0.717, 1.165) is 4.90 Å². The van der Waals surface area contributed by atoms with E-state index in [1.54, 1.807) is 13.8 Å². The second kappa shape index (κ2) is 6.39. The number of fused-ring (bicyclic) bond motifs is 1. The van der Waals surface area contributed by atoms with E-state index in [1.807, 2.05) is 0 Å². The fraction of sp³-hybridized carbons (Fsp3) is 0.412. The van der Waals surface area contributed by atoms with E-state index in [-0.39, 0.29) is 15.6 Å². The number of halogens is 2. The number of amides is 2. The first-order valence-corrected chi connectivity index (χ1v) is 9.59. The normalized spacial score (nSPS) is 28.3. The minimum atomic E-state index is -1.81. The van der Waals surface area contributed by atoms with Gasteiger partial charge in [-0.3, -0.25) is 14.4 Å². The number of hydrogen-bond acceptors (Lipinski definition) is 5. The highest BCUT2D eigenvalue weighted by atomic mass is 35.5. The van der Waals surface area contributed by atoms with Gasteiger partial charge in [0.05, 0.1) is 10.0 Å². The van der Waals surface area contributed by atoms with Gasteiger partial charge in [-0.15, -0.1) is 11.8 Å². The van der Waals surface area contributed by atoms with Gasteiger partial charge in [-0.05, 0) is 39.0 Å². The van der Waals surface area contributed by atoms with Crippen LogP contribution in [0, 0.1) is 0 Å². The lowest BCUT2D eigenvalue weighted by Gasteiger charge is -2.51. The third-order valence-electron chi connectivity index (χ3n) is 4.83. The number of thioether (sulfide) groups is 1. The van der Waals surface area contributed by atoms with Crippen molar-refractivity contribution < 1.29 is 24.3 Å². The van der Waals surface area contributed by atoms with E-state index in [2.05, 4.69) is 5.32 Å². The molecule has 3 rings (SSSR count). The first-order valence-electron chi connectivity index (χ1n) is 7.95. The Morgan fingerprint density at radius 3 is 2.37 bits per heavy atom. The zero-order valence-electron chi connectivity index (χ0n) is 14.6. The highest BCUT2D eigenvalue weighted by Gasteiger charge is 2.74. The van der Waals surface area contributed by atoms with Gasteiger partial charge in [0.2, 0.25) is 5.54 Å². The lowest BCUT2D eigenvalue weighted by Crippen LogP contribution is -2.82. The van der Waals surface area contributed by atoms with Crippen molar-refractivity contribution in [3.63, 3.8) is 0 Å². The SMILES string of the molecule is CC(=O)C1(NC(=O)c2ccc(Cl)c(Cl)c2)C(=O)N2[C@@H](C(=O)O)C(C)(C)S[C@@H]21. The number of nitrogens with zero attached hydrogens (tertiary/aromatic N) is 1. The Morgan fingerprint density at radius 2 is 1.85 bits per heavy atom. The summed E-state index contributed by atoms with van der Waals surface area (Å²) in [6.45, 7) is 4.58. The van der Waals surface area contributed by atoms with Crippen molar-refractivity contribution in [1.82, 2.24) is 10.2 Å². The van der Waals surface area contributed by atoms with E-state index in [4.69, 9.17) is 23.2 Å². The maximum absolute atomic E-state index is 12.9. The highest BCUT2D eigenvalue weighted by Crippen LogP contribution is 2.55. The molecule has 2 N–H and O–H groups in total. The number of β-lactam (4-membered cyclic amide) rings is 1. The van der Waals surface area contributed by atoms with Crippen molar-refractivity contribution in [2.75, 3.05) is 0 Å². The van der Waals surface area contributed by atoms with Gasteiger partial charge in [-0.1, -0.05) is 23.2 Å². The number of nitrogens with one attached hydrogen (secondary N) is 1. The molecule has 1 aromatic rings. The molecule has 0 spiro atoms. The topological polar surface area (TPSA) is 104 Å². The number of hydrogen-bond donors (Lipinski definition) is 2. The molecule has 2 amide bonds. The minimum absolute atomic E-state index is 0.133. The lowest BCUT2D eigenvalue weighted by atomic mass is 9.81. The summed E-state index contributed by atoms with van der Waals surface area (Å²) in [6, 6.07) is 3.10. The number of benzene rings is 1. The van der Waals surface area contributed by atoms with Crippen LogP contribution in [0.3, 0.4) is 0 Å². The van der Waals surface area contributed by atoms with E-state index in [1.165, 1.54) is 36.9 Å². The third kappa shape index (κ3) is 2.81. The molecule has 27 heavy (non-hydrogen) atoms. The lowest BCUT2D eigenvalue weighted by molar-refractivity contribution is -0.170. The number of rotatable bonds is 4. The van der Waals surface area contributed by atoms with Gasteiger partial charge in [-0.2, -0.15) is 0 Å². The van der Waals surface area contributed by atoms with Crippen LogP contribution in [-0.4, -0.2) is 55.3 Å². The molecular weight excluding hydrogens is 415 g/mol. The highest BCUT2D eigenvalue weighted by molar-refractivity contribution is 8.01. The van der Waals surface area contributed by atoms with Crippen molar-refractivity contribution >= 4 is 58.5 Å². The molecule has 1 aromatic carbocycles. The molecule has 0 aliphatic carbocycles. The van der Waals surface area contributed by atoms with Gasteiger partial charge in [-0.25, -0.2) is 4.79 Å². The molecule has 0 aromatic heterocycles. The van der Waals surface area contributed by atoms with Crippen LogP contribution in [-0.2, 0) is 14.4 Å². The molecule has 2 saturated heterocycles. The molecule has 2 fully saturated rings. The van der Waals surface area contributed by atoms with Gasteiger partial charge < -0.3 is 15.3 Å². The zero-order valence-corrected chi connectivity index (χ0v) is 16.9. The van der Waals surface area contributed by atoms with Crippen molar-refractivity contribution in [3.8, 4) is 0 Å². The van der Waals surface area contributed by atoms with Crippen LogP contribution in [0.25, 0.3) is 0 Å². The Kier molecular flexibility index (Phi) is 4.73. The third-order valence-corrected chi connectivity index (χ3v) is 7.20. The monoisotopic (exact) mass is 430 g/mol. The van der Waals surface area contributed by atoms with Crippen molar-refractivity contribution in [1.29, 1.82) is 0 Å². The van der Waals surface area contributed by atoms with Gasteiger partial charge in [0.1, 0.15) is 11.4 Å². The molecule has 2 heterocycles. The molecule has 3 atom stereocenters. The number of carbonyl (C=O) groups is 4. The predicted octanol–water partition coefficient (Wildman–Crippen LogP) is 2.20. The second-order valence-electron chi connectivity index (χ2n) is 6.97. The second-order valence-corrected chi connectivity index (χ2v) is 9.52. The van der Waals surface area contributed by atoms with E-state index in [0.29, 0.717) is 0 Å². The summed E-state index contributed by atoms with van der Waals surface area (Å²) in [5.41, 5.74) is -1.68. The molecule has 2 aliphatic heterocycles. The molecule has 144 valence electrons. The number of carbonyl (C=O) groups excluding carboxylic acids is 3. The van der Waals surface area contributed by atoms with E-state index < -0.39 is 45.3 Å². The number of ketones is 1. The first kappa shape index (κ1) is 20.0. The Balaban J connectivity index is 1.96. The summed E-state index contributed by atoms with van der Waals surface area (Å²) in [7, 11) is 0. The summed E-state index contributed by atoms with van der Waals surface area (Å²) >= 11 is 12.9. The van der Waals surface area contributed by atoms with Crippen LogP contribution < -0.4 is 5.32 Å². The van der Waals surface area contributed by atoms with E-state index in [9.17, 15) is 24.3 Å². The van der Waals surface area contributed by atoms with Crippen LogP contribution in [0.4, 0.5) is 0 Å². The molecule has 7 nitrogen and oxygen atoms in total. The van der Waals surface area contributed by atoms with Crippen LogP contribution in [0.1, 0.15) is 31.1 Å². The van der Waals surface area contributed by atoms with Gasteiger partial charge >= 0.3 is 5.97 Å². The largest absolute Gasteiger partial charge is 0.480 e. The first-order chi connectivity index (χ1) is 12.4. The molecular formula is C17H16Cl2N2O5S. The summed E-state index contributed by atoms with van der Waals surface area (Å²) in [5.74, 6) is -3.11. The summed E-state index contributed by atoms with van der Waals surface area (Å²) < 4.78 is -0.822. The number of aliphatic carboxylic acids is 1. The number of carboxylic acid groups (broad SMARTS) is 1. The van der Waals surface area contributed by atoms with Gasteiger partial charge in [0.15, 0.2) is 5.78 Å². The smallest absolute Gasteiger partial charge is 0.327 e. The fourth-order valence-electron chi connectivity index (χ4n) is 3.48. The molecule has 1 unspecified atom stereocenters. The number of Topliss-reactive ketones (excluding diaryl/α,β-unsaturated/α-hetero) is 1. The Labute approximate surface area is 169 Å². The van der Waals surface area contributed by atoms with Crippen LogP contribution in [0.2, 0.25) is 10.0 Å². The molecule has 2 aliphatic rings. The van der Waals surface area contributed by atoms with E-state index >= 15 is 0 Å².